The van der Waals surface area contributed by atoms with E-state index in [1.54, 1.807) is 12.1 Å². The maximum Gasteiger partial charge on any atom is 0.434 e. The molecule has 0 aliphatic carbocycles. The first-order chi connectivity index (χ1) is 15.2. The summed E-state index contributed by atoms with van der Waals surface area (Å²) in [4.78, 5) is 23.3. The molecular formula is C19H22F3IN4O5S. The number of ether oxygens (including phenoxy) is 2. The van der Waals surface area contributed by atoms with Gasteiger partial charge in [-0.2, -0.15) is 13.2 Å². The number of nitrogens with zero attached hydrogens (tertiary/aromatic N) is 2. The zero-order valence-corrected chi connectivity index (χ0v) is 21.1. The summed E-state index contributed by atoms with van der Waals surface area (Å²) in [5, 5.41) is 8.50. The second-order valence-corrected chi connectivity index (χ2v) is 10.3. The Balaban J connectivity index is 1.73. The van der Waals surface area contributed by atoms with Crippen LogP contribution in [0.2, 0.25) is 0 Å². The summed E-state index contributed by atoms with van der Waals surface area (Å²) in [5.41, 5.74) is -2.32. The Labute approximate surface area is 203 Å². The minimum Gasteiger partial charge on any atom is -0.486 e. The highest BCUT2D eigenvalue weighted by molar-refractivity contribution is 14.2. The molecular weight excluding hydrogens is 580 g/mol. The van der Waals surface area contributed by atoms with Gasteiger partial charge in [0.25, 0.3) is 0 Å². The molecule has 1 aromatic carbocycles. The third-order valence-corrected chi connectivity index (χ3v) is 6.94. The van der Waals surface area contributed by atoms with Crippen LogP contribution in [0.5, 0.6) is 5.75 Å². The van der Waals surface area contributed by atoms with Crippen molar-refractivity contribution in [3.05, 3.63) is 34.6 Å². The third-order valence-electron chi connectivity index (χ3n) is 5.01. The quantitative estimate of drug-likeness (QED) is 0.344. The Morgan fingerprint density at radius 1 is 1.36 bits per heavy atom. The van der Waals surface area contributed by atoms with Crippen molar-refractivity contribution >= 4 is 47.8 Å². The molecule has 9 nitrogen and oxygen atoms in total. The maximum atomic E-state index is 13.0. The third kappa shape index (κ3) is 5.88. The number of carbonyl (C=O) groups is 1. The van der Waals surface area contributed by atoms with E-state index in [1.165, 1.54) is 15.2 Å². The van der Waals surface area contributed by atoms with Gasteiger partial charge >= 0.3 is 18.0 Å². The number of halogens is 4. The molecule has 1 aliphatic rings. The molecule has 2 aromatic rings. The molecule has 1 aliphatic heterocycles. The van der Waals surface area contributed by atoms with E-state index in [9.17, 15) is 22.8 Å². The monoisotopic (exact) mass is 602 g/mol. The van der Waals surface area contributed by atoms with E-state index >= 15 is 0 Å². The SMILES string of the molecule is CC(C)(C[C@H]1CN(SI)c2cc(NC(=O)OC(C)(C)C(F)(F)F)ccc2O1)c1n[nH]c(=O)o1. The first kappa shape index (κ1) is 25.5. The van der Waals surface area contributed by atoms with Crippen LogP contribution in [0.4, 0.5) is 29.3 Å². The molecule has 0 fully saturated rings. The van der Waals surface area contributed by atoms with Crippen LogP contribution < -0.4 is 20.1 Å². The van der Waals surface area contributed by atoms with Crippen LogP contribution >= 0.6 is 30.3 Å². The van der Waals surface area contributed by atoms with E-state index in [2.05, 4.69) is 41.5 Å². The van der Waals surface area contributed by atoms with E-state index < -0.39 is 29.0 Å². The molecule has 1 aromatic heterocycles. The van der Waals surface area contributed by atoms with Crippen LogP contribution in [-0.4, -0.2) is 40.7 Å². The van der Waals surface area contributed by atoms with Gasteiger partial charge in [-0.05, 0) is 38.5 Å². The molecule has 1 amide bonds. The summed E-state index contributed by atoms with van der Waals surface area (Å²) in [7, 11) is 1.39. The van der Waals surface area contributed by atoms with E-state index in [-0.39, 0.29) is 17.7 Å². The topological polar surface area (TPSA) is 110 Å². The molecule has 182 valence electrons. The lowest BCUT2D eigenvalue weighted by Crippen LogP contribution is -2.44. The van der Waals surface area contributed by atoms with Gasteiger partial charge < -0.3 is 18.2 Å². The maximum absolute atomic E-state index is 13.0. The van der Waals surface area contributed by atoms with Crippen LogP contribution in [0.3, 0.4) is 0 Å². The van der Waals surface area contributed by atoms with Crippen molar-refractivity contribution < 1.29 is 31.9 Å². The summed E-state index contributed by atoms with van der Waals surface area (Å²) in [6.45, 7) is 5.78. The number of amides is 1. The van der Waals surface area contributed by atoms with Crippen LogP contribution in [0.25, 0.3) is 0 Å². The molecule has 0 unspecified atom stereocenters. The van der Waals surface area contributed by atoms with Gasteiger partial charge in [-0.1, -0.05) is 13.8 Å². The molecule has 3 rings (SSSR count). The number of aromatic amines is 1. The van der Waals surface area contributed by atoms with Gasteiger partial charge in [0.2, 0.25) is 11.5 Å². The van der Waals surface area contributed by atoms with Crippen molar-refractivity contribution in [2.45, 2.75) is 57.4 Å². The lowest BCUT2D eigenvalue weighted by atomic mass is 9.86. The minimum atomic E-state index is -4.70. The number of fused-ring (bicyclic) bond motifs is 1. The van der Waals surface area contributed by atoms with Crippen molar-refractivity contribution in [1.29, 1.82) is 0 Å². The Bertz CT molecular complexity index is 1070. The summed E-state index contributed by atoms with van der Waals surface area (Å²) in [5.74, 6) is 0.175. The van der Waals surface area contributed by atoms with E-state index in [1.807, 2.05) is 18.2 Å². The number of carbonyl (C=O) groups excluding carboxylic acids is 1. The number of rotatable bonds is 6. The fraction of sp³-hybridized carbons (Fsp3) is 0.526. The Morgan fingerprint density at radius 2 is 2.06 bits per heavy atom. The van der Waals surface area contributed by atoms with Crippen molar-refractivity contribution in [3.8, 4) is 5.75 Å². The molecule has 2 heterocycles. The van der Waals surface area contributed by atoms with E-state index in [4.69, 9.17) is 9.15 Å². The fourth-order valence-corrected chi connectivity index (χ4v) is 4.73. The zero-order valence-electron chi connectivity index (χ0n) is 18.1. The predicted molar refractivity (Wildman–Crippen MR) is 125 cm³/mol. The molecule has 1 atom stereocenters. The van der Waals surface area contributed by atoms with Crippen molar-refractivity contribution in [2.24, 2.45) is 0 Å². The number of anilines is 2. The Hall–Kier alpha value is -2.10. The average molecular weight is 602 g/mol. The van der Waals surface area contributed by atoms with Gasteiger partial charge in [-0.15, -0.1) is 5.10 Å². The van der Waals surface area contributed by atoms with E-state index in [0.717, 1.165) is 13.8 Å². The van der Waals surface area contributed by atoms with Gasteiger partial charge in [0.15, 0.2) is 0 Å². The standard InChI is InChI=1S/C19H22F3IN4O5S/c1-17(2,14-25-26-16(29)31-14)8-11-9-27(33-23)12-7-10(5-6-13(12)30-11)24-15(28)32-18(3,4)19(20,21)22/h5-7,11H,8-9H2,1-4H3,(H,24,28)(H,26,29)/t11-/m0/s1. The number of alkyl halides is 3. The van der Waals surface area contributed by atoms with Gasteiger partial charge in [0.1, 0.15) is 11.9 Å². The molecule has 33 heavy (non-hydrogen) atoms. The van der Waals surface area contributed by atoms with Crippen LogP contribution in [-0.2, 0) is 10.2 Å². The summed E-state index contributed by atoms with van der Waals surface area (Å²) in [6, 6.07) is 4.72. The highest BCUT2D eigenvalue weighted by Crippen LogP contribution is 2.43. The van der Waals surface area contributed by atoms with Crippen LogP contribution in [0.15, 0.2) is 27.4 Å². The highest BCUT2D eigenvalue weighted by Gasteiger charge is 2.51. The number of hydrogen-bond acceptors (Lipinski definition) is 8. The number of benzene rings is 1. The van der Waals surface area contributed by atoms with Crippen LogP contribution in [0, 0.1) is 0 Å². The van der Waals surface area contributed by atoms with Gasteiger partial charge in [0.05, 0.1) is 12.2 Å². The molecule has 2 N–H and O–H groups in total. The Kier molecular flexibility index (Phi) is 7.17. The fourth-order valence-electron chi connectivity index (χ4n) is 3.17. The summed E-state index contributed by atoms with van der Waals surface area (Å²) < 4.78 is 56.6. The second kappa shape index (κ2) is 9.27. The smallest absolute Gasteiger partial charge is 0.434 e. The molecule has 0 saturated heterocycles. The zero-order chi connectivity index (χ0) is 24.6. The molecule has 0 spiro atoms. The number of hydrogen-bond donors (Lipinski definition) is 2. The van der Waals surface area contributed by atoms with Gasteiger partial charge in [0, 0.05) is 41.4 Å². The number of H-pyrrole nitrogens is 1. The van der Waals surface area contributed by atoms with Gasteiger partial charge in [-0.3, -0.25) is 5.32 Å². The van der Waals surface area contributed by atoms with Gasteiger partial charge in [-0.25, -0.2) is 14.7 Å². The summed E-state index contributed by atoms with van der Waals surface area (Å²) >= 11 is 2.10. The minimum absolute atomic E-state index is 0.257. The lowest BCUT2D eigenvalue weighted by molar-refractivity contribution is -0.242. The first-order valence-electron chi connectivity index (χ1n) is 9.71. The van der Waals surface area contributed by atoms with Crippen molar-refractivity contribution in [2.75, 3.05) is 16.2 Å². The second-order valence-electron chi connectivity index (χ2n) is 8.58. The molecule has 0 radical (unpaired) electrons. The normalized spacial score (nSPS) is 16.7. The van der Waals surface area contributed by atoms with Crippen LogP contribution in [0.1, 0.15) is 40.0 Å². The molecule has 14 heteroatoms. The predicted octanol–water partition coefficient (Wildman–Crippen LogP) is 5.19. The molecule has 0 saturated carbocycles. The Morgan fingerprint density at radius 3 is 2.64 bits per heavy atom. The first-order valence-corrected chi connectivity index (χ1v) is 13.0. The highest BCUT2D eigenvalue weighted by atomic mass is 127. The summed E-state index contributed by atoms with van der Waals surface area (Å²) in [6.07, 6.45) is -5.70. The van der Waals surface area contributed by atoms with E-state index in [0.29, 0.717) is 24.4 Å². The largest absolute Gasteiger partial charge is 0.486 e. The number of aromatic nitrogens is 2. The average Bonchev–Trinajstić information content (AvgIpc) is 3.13. The molecule has 0 bridgehead atoms. The van der Waals surface area contributed by atoms with Crippen molar-refractivity contribution in [3.63, 3.8) is 0 Å². The lowest BCUT2D eigenvalue weighted by Gasteiger charge is -2.37. The number of nitrogens with one attached hydrogen (secondary N) is 2. The van der Waals surface area contributed by atoms with Crippen molar-refractivity contribution in [1.82, 2.24) is 10.2 Å².